The number of aliphatic hydroxyl groups is 1. The lowest BCUT2D eigenvalue weighted by Gasteiger charge is -2.22. The van der Waals surface area contributed by atoms with Gasteiger partial charge in [-0.05, 0) is 44.1 Å². The molecule has 1 aromatic rings. The van der Waals surface area contributed by atoms with Crippen molar-refractivity contribution in [1.82, 2.24) is 4.90 Å². The number of hydrogen-bond donors (Lipinski definition) is 2. The monoisotopic (exact) mass is 401 g/mol. The van der Waals surface area contributed by atoms with Gasteiger partial charge in [-0.15, -0.1) is 0 Å². The van der Waals surface area contributed by atoms with Crippen molar-refractivity contribution in [3.8, 4) is 0 Å². The molecule has 1 fully saturated rings. The first-order valence-corrected chi connectivity index (χ1v) is 11.0. The van der Waals surface area contributed by atoms with Crippen LogP contribution in [0.1, 0.15) is 69.8 Å². The molecule has 2 N–H and O–H groups in total. The van der Waals surface area contributed by atoms with E-state index in [1.165, 1.54) is 5.56 Å². The molecule has 0 aromatic heterocycles. The van der Waals surface area contributed by atoms with Crippen molar-refractivity contribution in [2.24, 2.45) is 0 Å². The number of carboxylic acids is 1. The third kappa shape index (κ3) is 9.27. The molecule has 5 nitrogen and oxygen atoms in total. The molecule has 0 saturated carbocycles. The van der Waals surface area contributed by atoms with Crippen LogP contribution in [-0.4, -0.2) is 45.7 Å². The third-order valence-corrected chi connectivity index (χ3v) is 5.53. The summed E-state index contributed by atoms with van der Waals surface area (Å²) in [4.78, 5) is 24.6. The van der Waals surface area contributed by atoms with E-state index in [0.29, 0.717) is 19.4 Å². The molecule has 0 radical (unpaired) electrons. The largest absolute Gasteiger partial charge is 0.481 e. The first-order chi connectivity index (χ1) is 14.1. The first-order valence-electron chi connectivity index (χ1n) is 11.0. The molecule has 1 aromatic carbocycles. The molecule has 1 amide bonds. The summed E-state index contributed by atoms with van der Waals surface area (Å²) in [6.45, 7) is 0.716. The fourth-order valence-corrected chi connectivity index (χ4v) is 3.84. The van der Waals surface area contributed by atoms with Crippen molar-refractivity contribution in [2.45, 2.75) is 82.8 Å². The molecular formula is C24H35NO4. The maximum Gasteiger partial charge on any atom is 0.303 e. The van der Waals surface area contributed by atoms with Gasteiger partial charge >= 0.3 is 5.97 Å². The van der Waals surface area contributed by atoms with E-state index in [9.17, 15) is 14.7 Å². The summed E-state index contributed by atoms with van der Waals surface area (Å²) >= 11 is 0. The molecule has 29 heavy (non-hydrogen) atoms. The minimum absolute atomic E-state index is 0.0838. The number of nitrogens with zero attached hydrogens (tertiary/aromatic N) is 1. The SMILES string of the molecule is O=C(O)CCCCCCN1C(=O)CC[C@@H]1C=C[C@@H](O)CCCCc1ccccc1. The van der Waals surface area contributed by atoms with Gasteiger partial charge in [-0.25, -0.2) is 0 Å². The van der Waals surface area contributed by atoms with Crippen molar-refractivity contribution < 1.29 is 19.8 Å². The molecule has 0 aliphatic carbocycles. The molecule has 1 aliphatic rings. The Morgan fingerprint density at radius 2 is 1.86 bits per heavy atom. The highest BCUT2D eigenvalue weighted by Crippen LogP contribution is 2.21. The summed E-state index contributed by atoms with van der Waals surface area (Å²) < 4.78 is 0. The lowest BCUT2D eigenvalue weighted by atomic mass is 10.0. The summed E-state index contributed by atoms with van der Waals surface area (Å²) in [5, 5.41) is 18.9. The number of benzene rings is 1. The van der Waals surface area contributed by atoms with Gasteiger partial charge in [-0.1, -0.05) is 61.7 Å². The van der Waals surface area contributed by atoms with E-state index in [1.54, 1.807) is 0 Å². The highest BCUT2D eigenvalue weighted by Gasteiger charge is 2.28. The van der Waals surface area contributed by atoms with Crippen LogP contribution in [0.4, 0.5) is 0 Å². The zero-order valence-electron chi connectivity index (χ0n) is 17.3. The van der Waals surface area contributed by atoms with E-state index in [4.69, 9.17) is 5.11 Å². The predicted molar refractivity (Wildman–Crippen MR) is 115 cm³/mol. The van der Waals surface area contributed by atoms with Gasteiger partial charge in [0.2, 0.25) is 5.91 Å². The molecule has 160 valence electrons. The van der Waals surface area contributed by atoms with Gasteiger partial charge in [0, 0.05) is 19.4 Å². The van der Waals surface area contributed by atoms with Gasteiger partial charge in [-0.2, -0.15) is 0 Å². The standard InChI is InChI=1S/C24H35NO4/c26-22(13-8-7-12-20-10-4-3-5-11-20)17-15-21-16-18-23(27)25(21)19-9-2-1-6-14-24(28)29/h3-5,10-11,15,17,21-22,26H,1-2,6-9,12-14,16,18-19H2,(H,28,29)/t21-,22-/m0/s1. The Hall–Kier alpha value is -2.14. The van der Waals surface area contributed by atoms with Crippen LogP contribution in [0.5, 0.6) is 0 Å². The summed E-state index contributed by atoms with van der Waals surface area (Å²) in [5.41, 5.74) is 1.33. The van der Waals surface area contributed by atoms with Crippen LogP contribution < -0.4 is 0 Å². The summed E-state index contributed by atoms with van der Waals surface area (Å²) in [7, 11) is 0. The Morgan fingerprint density at radius 1 is 1.10 bits per heavy atom. The Kier molecular flexibility index (Phi) is 10.5. The molecule has 0 spiro atoms. The van der Waals surface area contributed by atoms with Gasteiger partial charge in [0.25, 0.3) is 0 Å². The number of aliphatic hydroxyl groups excluding tert-OH is 1. The second-order valence-corrected chi connectivity index (χ2v) is 7.93. The topological polar surface area (TPSA) is 77.8 Å². The number of carboxylic acid groups (broad SMARTS) is 1. The molecule has 2 rings (SSSR count). The smallest absolute Gasteiger partial charge is 0.303 e. The molecule has 2 atom stereocenters. The zero-order chi connectivity index (χ0) is 20.9. The molecule has 5 heteroatoms. The Balaban J connectivity index is 1.63. The number of aliphatic carboxylic acids is 1. The van der Waals surface area contributed by atoms with E-state index in [-0.39, 0.29) is 18.4 Å². The van der Waals surface area contributed by atoms with Crippen LogP contribution in [-0.2, 0) is 16.0 Å². The minimum Gasteiger partial charge on any atom is -0.481 e. The molecule has 0 bridgehead atoms. The minimum atomic E-state index is -0.747. The predicted octanol–water partition coefficient (Wildman–Crippen LogP) is 4.34. The van der Waals surface area contributed by atoms with Crippen LogP contribution in [0.2, 0.25) is 0 Å². The zero-order valence-corrected chi connectivity index (χ0v) is 17.3. The van der Waals surface area contributed by atoms with Crippen molar-refractivity contribution in [2.75, 3.05) is 6.54 Å². The average Bonchev–Trinajstić information content (AvgIpc) is 3.06. The second kappa shape index (κ2) is 13.2. The quantitative estimate of drug-likeness (QED) is 0.359. The van der Waals surface area contributed by atoms with E-state index in [2.05, 4.69) is 24.3 Å². The Bertz CT molecular complexity index is 644. The van der Waals surface area contributed by atoms with Crippen LogP contribution in [0.3, 0.4) is 0 Å². The van der Waals surface area contributed by atoms with E-state index in [0.717, 1.165) is 51.4 Å². The van der Waals surface area contributed by atoms with Crippen molar-refractivity contribution in [3.63, 3.8) is 0 Å². The van der Waals surface area contributed by atoms with Crippen molar-refractivity contribution >= 4 is 11.9 Å². The number of hydrogen-bond acceptors (Lipinski definition) is 3. The lowest BCUT2D eigenvalue weighted by molar-refractivity contribution is -0.137. The first kappa shape index (κ1) is 23.1. The number of amides is 1. The average molecular weight is 402 g/mol. The third-order valence-electron chi connectivity index (χ3n) is 5.53. The summed E-state index contributed by atoms with van der Waals surface area (Å²) in [6.07, 6.45) is 12.2. The van der Waals surface area contributed by atoms with E-state index < -0.39 is 12.1 Å². The van der Waals surface area contributed by atoms with Crippen LogP contribution in [0.15, 0.2) is 42.5 Å². The Morgan fingerprint density at radius 3 is 2.62 bits per heavy atom. The van der Waals surface area contributed by atoms with Gasteiger partial charge in [-0.3, -0.25) is 9.59 Å². The molecule has 1 saturated heterocycles. The van der Waals surface area contributed by atoms with Gasteiger partial charge in [0.05, 0.1) is 12.1 Å². The molecular weight excluding hydrogens is 366 g/mol. The number of carbonyl (C=O) groups excluding carboxylic acids is 1. The van der Waals surface area contributed by atoms with Gasteiger partial charge in [0.15, 0.2) is 0 Å². The lowest BCUT2D eigenvalue weighted by Crippen LogP contribution is -2.32. The summed E-state index contributed by atoms with van der Waals surface area (Å²) in [5.74, 6) is -0.564. The van der Waals surface area contributed by atoms with Gasteiger partial charge < -0.3 is 15.1 Å². The number of aryl methyl sites for hydroxylation is 1. The normalized spacial score (nSPS) is 17.9. The fraction of sp³-hybridized carbons (Fsp3) is 0.583. The van der Waals surface area contributed by atoms with Crippen LogP contribution >= 0.6 is 0 Å². The number of carbonyl (C=O) groups is 2. The van der Waals surface area contributed by atoms with E-state index >= 15 is 0 Å². The number of rotatable bonds is 14. The van der Waals surface area contributed by atoms with Crippen LogP contribution in [0, 0.1) is 0 Å². The maximum atomic E-state index is 12.1. The number of likely N-dealkylation sites (tertiary alicyclic amines) is 1. The summed E-state index contributed by atoms with van der Waals surface area (Å²) in [6, 6.07) is 10.5. The molecule has 0 unspecified atom stereocenters. The van der Waals surface area contributed by atoms with E-state index in [1.807, 2.05) is 23.1 Å². The van der Waals surface area contributed by atoms with Crippen molar-refractivity contribution in [1.29, 1.82) is 0 Å². The van der Waals surface area contributed by atoms with Gasteiger partial charge in [0.1, 0.15) is 0 Å². The molecule has 1 heterocycles. The highest BCUT2D eigenvalue weighted by atomic mass is 16.4. The fourth-order valence-electron chi connectivity index (χ4n) is 3.84. The maximum absolute atomic E-state index is 12.1. The van der Waals surface area contributed by atoms with Crippen molar-refractivity contribution in [3.05, 3.63) is 48.0 Å². The Labute approximate surface area is 174 Å². The van der Waals surface area contributed by atoms with Crippen LogP contribution in [0.25, 0.3) is 0 Å². The molecule has 1 aliphatic heterocycles. The highest BCUT2D eigenvalue weighted by molar-refractivity contribution is 5.79. The number of unbranched alkanes of at least 4 members (excludes halogenated alkanes) is 4. The second-order valence-electron chi connectivity index (χ2n) is 7.93.